The Hall–Kier alpha value is -1.47. The molecule has 2 rings (SSSR count). The van der Waals surface area contributed by atoms with Gasteiger partial charge in [0.1, 0.15) is 18.0 Å². The molecule has 20 heavy (non-hydrogen) atoms. The van der Waals surface area contributed by atoms with Crippen LogP contribution in [0.4, 0.5) is 5.82 Å². The number of ether oxygens (including phenoxy) is 1. The summed E-state index contributed by atoms with van der Waals surface area (Å²) in [4.78, 5) is 29.2. The predicted molar refractivity (Wildman–Crippen MR) is 77.2 cm³/mol. The van der Waals surface area contributed by atoms with Gasteiger partial charge in [-0.25, -0.2) is 4.98 Å². The third-order valence-corrected chi connectivity index (χ3v) is 3.53. The van der Waals surface area contributed by atoms with Gasteiger partial charge in [-0.15, -0.1) is 0 Å². The first-order chi connectivity index (χ1) is 9.45. The topological polar surface area (TPSA) is 71.5 Å². The number of nitrogens with one attached hydrogen (secondary N) is 1. The maximum atomic E-state index is 11.9. The molecule has 1 N–H and O–H groups in total. The van der Waals surface area contributed by atoms with Crippen LogP contribution in [0.3, 0.4) is 0 Å². The lowest BCUT2D eigenvalue weighted by Crippen LogP contribution is -2.40. The average Bonchev–Trinajstić information content (AvgIpc) is 2.71. The molecule has 7 heteroatoms. The molecule has 1 amide bonds. The number of aromatic nitrogens is 1. The van der Waals surface area contributed by atoms with Crippen LogP contribution >= 0.6 is 15.9 Å². The summed E-state index contributed by atoms with van der Waals surface area (Å²) in [5.41, 5.74) is 0. The number of nitrogens with zero attached hydrogens (tertiary/aromatic N) is 2. The van der Waals surface area contributed by atoms with Crippen LogP contribution in [-0.4, -0.2) is 47.5 Å². The maximum Gasteiger partial charge on any atom is 0.323 e. The summed E-state index contributed by atoms with van der Waals surface area (Å²) in [6.45, 7) is 1.96. The standard InChI is InChI=1S/C13H16BrN3O3/c1-8-5-10(13(19)20-8)17(2)7-12(18)16-11-4-3-9(14)6-15-11/h3-4,6,8,10H,5,7H2,1-2H3,(H,15,16,18)/t8-,10-/m1/s1. The minimum Gasteiger partial charge on any atom is -0.461 e. The van der Waals surface area contributed by atoms with Crippen molar-refractivity contribution in [1.29, 1.82) is 0 Å². The van der Waals surface area contributed by atoms with Gasteiger partial charge in [0.15, 0.2) is 0 Å². The highest BCUT2D eigenvalue weighted by Gasteiger charge is 2.35. The van der Waals surface area contributed by atoms with E-state index in [1.54, 1.807) is 30.3 Å². The van der Waals surface area contributed by atoms with Crippen molar-refractivity contribution in [2.24, 2.45) is 0 Å². The van der Waals surface area contributed by atoms with Gasteiger partial charge in [0.2, 0.25) is 5.91 Å². The van der Waals surface area contributed by atoms with Crippen molar-refractivity contribution in [3.63, 3.8) is 0 Å². The van der Waals surface area contributed by atoms with Crippen LogP contribution in [0, 0.1) is 0 Å². The van der Waals surface area contributed by atoms with Gasteiger partial charge in [-0.05, 0) is 42.0 Å². The lowest BCUT2D eigenvalue weighted by atomic mass is 10.1. The fourth-order valence-electron chi connectivity index (χ4n) is 2.06. The van der Waals surface area contributed by atoms with Crippen LogP contribution in [0.5, 0.6) is 0 Å². The molecule has 1 aromatic rings. The van der Waals surface area contributed by atoms with Gasteiger partial charge in [-0.2, -0.15) is 0 Å². The molecule has 0 saturated carbocycles. The number of rotatable bonds is 4. The molecular formula is C13H16BrN3O3. The summed E-state index contributed by atoms with van der Waals surface area (Å²) in [6, 6.07) is 3.14. The number of anilines is 1. The number of carbonyl (C=O) groups is 2. The Morgan fingerprint density at radius 2 is 2.35 bits per heavy atom. The van der Waals surface area contributed by atoms with Gasteiger partial charge in [0.05, 0.1) is 6.54 Å². The number of pyridine rings is 1. The van der Waals surface area contributed by atoms with E-state index in [1.165, 1.54) is 0 Å². The number of cyclic esters (lactones) is 1. The number of hydrogen-bond donors (Lipinski definition) is 1. The summed E-state index contributed by atoms with van der Waals surface area (Å²) in [5, 5.41) is 2.68. The first-order valence-electron chi connectivity index (χ1n) is 6.28. The van der Waals surface area contributed by atoms with Gasteiger partial charge in [-0.1, -0.05) is 0 Å². The molecule has 0 radical (unpaired) electrons. The first-order valence-corrected chi connectivity index (χ1v) is 7.07. The van der Waals surface area contributed by atoms with E-state index in [9.17, 15) is 9.59 Å². The molecule has 1 aliphatic rings. The van der Waals surface area contributed by atoms with Crippen LogP contribution in [0.1, 0.15) is 13.3 Å². The van der Waals surface area contributed by atoms with Crippen LogP contribution < -0.4 is 5.32 Å². The highest BCUT2D eigenvalue weighted by Crippen LogP contribution is 2.18. The van der Waals surface area contributed by atoms with E-state index in [0.29, 0.717) is 12.2 Å². The van der Waals surface area contributed by atoms with Crippen molar-refractivity contribution in [3.05, 3.63) is 22.8 Å². The highest BCUT2D eigenvalue weighted by molar-refractivity contribution is 9.10. The fraction of sp³-hybridized carbons (Fsp3) is 0.462. The number of hydrogen-bond acceptors (Lipinski definition) is 5. The lowest BCUT2D eigenvalue weighted by Gasteiger charge is -2.20. The maximum absolute atomic E-state index is 11.9. The molecule has 1 fully saturated rings. The fourth-order valence-corrected chi connectivity index (χ4v) is 2.30. The average molecular weight is 342 g/mol. The van der Waals surface area contributed by atoms with E-state index in [4.69, 9.17) is 4.74 Å². The molecule has 6 nitrogen and oxygen atoms in total. The van der Waals surface area contributed by atoms with Crippen LogP contribution in [0.25, 0.3) is 0 Å². The molecule has 1 aromatic heterocycles. The zero-order chi connectivity index (χ0) is 14.7. The van der Waals surface area contributed by atoms with Crippen LogP contribution in [0.15, 0.2) is 22.8 Å². The van der Waals surface area contributed by atoms with Crippen molar-refractivity contribution in [2.45, 2.75) is 25.5 Å². The number of halogens is 1. The molecule has 0 aromatic carbocycles. The van der Waals surface area contributed by atoms with Crippen molar-refractivity contribution < 1.29 is 14.3 Å². The summed E-state index contributed by atoms with van der Waals surface area (Å²) >= 11 is 3.27. The molecule has 2 atom stereocenters. The Morgan fingerprint density at radius 3 is 2.90 bits per heavy atom. The zero-order valence-corrected chi connectivity index (χ0v) is 12.9. The van der Waals surface area contributed by atoms with Gasteiger partial charge in [0, 0.05) is 17.1 Å². The molecule has 0 unspecified atom stereocenters. The third-order valence-electron chi connectivity index (χ3n) is 3.06. The Bertz CT molecular complexity index is 506. The summed E-state index contributed by atoms with van der Waals surface area (Å²) < 4.78 is 5.92. The smallest absolute Gasteiger partial charge is 0.323 e. The van der Waals surface area contributed by atoms with Gasteiger partial charge >= 0.3 is 5.97 Å². The molecule has 0 aliphatic carbocycles. The van der Waals surface area contributed by atoms with E-state index in [-0.39, 0.29) is 30.6 Å². The molecule has 1 aliphatic heterocycles. The van der Waals surface area contributed by atoms with Gasteiger partial charge in [-0.3, -0.25) is 14.5 Å². The van der Waals surface area contributed by atoms with Crippen LogP contribution in [-0.2, 0) is 14.3 Å². The quantitative estimate of drug-likeness (QED) is 0.838. The Morgan fingerprint density at radius 1 is 1.60 bits per heavy atom. The molecule has 108 valence electrons. The van der Waals surface area contributed by atoms with Crippen molar-refractivity contribution >= 4 is 33.6 Å². The first kappa shape index (κ1) is 14.9. The second-order valence-electron chi connectivity index (χ2n) is 4.82. The number of likely N-dealkylation sites (N-methyl/N-ethyl adjacent to an activating group) is 1. The van der Waals surface area contributed by atoms with E-state index in [2.05, 4.69) is 26.2 Å². The summed E-state index contributed by atoms with van der Waals surface area (Å²) in [6.07, 6.45) is 2.13. The van der Waals surface area contributed by atoms with Crippen molar-refractivity contribution in [2.75, 3.05) is 18.9 Å². The summed E-state index contributed by atoms with van der Waals surface area (Å²) in [5.74, 6) is -0.00166. The molecule has 2 heterocycles. The normalized spacial score (nSPS) is 21.9. The van der Waals surface area contributed by atoms with Gasteiger partial charge in [0.25, 0.3) is 0 Å². The molecule has 1 saturated heterocycles. The highest BCUT2D eigenvalue weighted by atomic mass is 79.9. The van der Waals surface area contributed by atoms with E-state index < -0.39 is 0 Å². The summed E-state index contributed by atoms with van der Waals surface area (Å²) in [7, 11) is 1.73. The lowest BCUT2D eigenvalue weighted by molar-refractivity contribution is -0.144. The predicted octanol–water partition coefficient (Wildman–Crippen LogP) is 1.42. The zero-order valence-electron chi connectivity index (χ0n) is 11.3. The second-order valence-corrected chi connectivity index (χ2v) is 5.74. The SMILES string of the molecule is C[C@@H]1C[C@@H](N(C)CC(=O)Nc2ccc(Br)cn2)C(=O)O1. The number of carbonyl (C=O) groups excluding carboxylic acids is 2. The van der Waals surface area contributed by atoms with E-state index in [0.717, 1.165) is 4.47 Å². The number of amides is 1. The third kappa shape index (κ3) is 3.77. The van der Waals surface area contributed by atoms with Crippen LogP contribution in [0.2, 0.25) is 0 Å². The molecule has 0 bridgehead atoms. The van der Waals surface area contributed by atoms with Crippen molar-refractivity contribution in [1.82, 2.24) is 9.88 Å². The number of esters is 1. The molecular weight excluding hydrogens is 326 g/mol. The minimum atomic E-state index is -0.353. The Kier molecular flexibility index (Phi) is 4.72. The van der Waals surface area contributed by atoms with Gasteiger partial charge < -0.3 is 10.1 Å². The van der Waals surface area contributed by atoms with E-state index >= 15 is 0 Å². The second kappa shape index (κ2) is 6.32. The Labute approximate surface area is 125 Å². The largest absolute Gasteiger partial charge is 0.461 e. The monoisotopic (exact) mass is 341 g/mol. The van der Waals surface area contributed by atoms with E-state index in [1.807, 2.05) is 6.92 Å². The Balaban J connectivity index is 1.88. The minimum absolute atomic E-state index is 0.0915. The molecule has 0 spiro atoms. The van der Waals surface area contributed by atoms with Crippen molar-refractivity contribution in [3.8, 4) is 0 Å².